The SMILES string of the molecule is CCOc1ccc(C2C(=C(O)c3cc(C)ccc3C)C(=O)C(=O)N2c2nc(C)c(C(=O)OC)s2)cc1. The van der Waals surface area contributed by atoms with E-state index in [1.807, 2.05) is 32.9 Å². The molecule has 1 aliphatic heterocycles. The molecule has 1 amide bonds. The molecule has 9 heteroatoms. The average molecular weight is 507 g/mol. The van der Waals surface area contributed by atoms with Crippen LogP contribution in [0.25, 0.3) is 5.76 Å². The molecule has 0 spiro atoms. The minimum atomic E-state index is -0.961. The molecule has 186 valence electrons. The summed E-state index contributed by atoms with van der Waals surface area (Å²) in [6.07, 6.45) is 0. The lowest BCUT2D eigenvalue weighted by Gasteiger charge is -2.23. The molecule has 1 fully saturated rings. The highest BCUT2D eigenvalue weighted by Gasteiger charge is 2.48. The zero-order valence-corrected chi connectivity index (χ0v) is 21.4. The van der Waals surface area contributed by atoms with Crippen LogP contribution in [-0.4, -0.2) is 41.5 Å². The molecule has 2 aromatic carbocycles. The number of ketones is 1. The summed E-state index contributed by atoms with van der Waals surface area (Å²) in [5.74, 6) is -1.89. The number of amides is 1. The summed E-state index contributed by atoms with van der Waals surface area (Å²) in [7, 11) is 1.26. The molecule has 0 saturated carbocycles. The van der Waals surface area contributed by atoms with Gasteiger partial charge < -0.3 is 14.6 Å². The maximum atomic E-state index is 13.4. The Bertz CT molecular complexity index is 1390. The van der Waals surface area contributed by atoms with E-state index in [0.717, 1.165) is 22.5 Å². The van der Waals surface area contributed by atoms with Crippen LogP contribution >= 0.6 is 11.3 Å². The first-order chi connectivity index (χ1) is 17.2. The van der Waals surface area contributed by atoms with Gasteiger partial charge in [0, 0.05) is 5.56 Å². The van der Waals surface area contributed by atoms with E-state index in [9.17, 15) is 19.5 Å². The van der Waals surface area contributed by atoms with E-state index in [4.69, 9.17) is 9.47 Å². The number of aliphatic hydroxyl groups is 1. The van der Waals surface area contributed by atoms with Gasteiger partial charge in [-0.15, -0.1) is 0 Å². The number of hydrogen-bond acceptors (Lipinski definition) is 8. The number of thiazole rings is 1. The van der Waals surface area contributed by atoms with Gasteiger partial charge in [0.15, 0.2) is 5.13 Å². The highest BCUT2D eigenvalue weighted by Crippen LogP contribution is 2.44. The van der Waals surface area contributed by atoms with Gasteiger partial charge in [-0.2, -0.15) is 0 Å². The normalized spacial score (nSPS) is 16.9. The molecule has 3 aromatic rings. The molecule has 1 unspecified atom stereocenters. The molecule has 0 aliphatic carbocycles. The van der Waals surface area contributed by atoms with E-state index in [0.29, 0.717) is 29.2 Å². The van der Waals surface area contributed by atoms with E-state index in [1.54, 1.807) is 37.3 Å². The molecule has 1 atom stereocenters. The summed E-state index contributed by atoms with van der Waals surface area (Å²) >= 11 is 0.958. The van der Waals surface area contributed by atoms with Gasteiger partial charge in [0.2, 0.25) is 0 Å². The maximum absolute atomic E-state index is 13.4. The van der Waals surface area contributed by atoms with Crippen molar-refractivity contribution < 1.29 is 29.0 Å². The van der Waals surface area contributed by atoms with Crippen molar-refractivity contribution in [3.63, 3.8) is 0 Å². The number of aromatic nitrogens is 1. The van der Waals surface area contributed by atoms with Gasteiger partial charge >= 0.3 is 11.9 Å². The van der Waals surface area contributed by atoms with Crippen LogP contribution in [0.15, 0.2) is 48.0 Å². The van der Waals surface area contributed by atoms with Gasteiger partial charge in [0.25, 0.3) is 5.78 Å². The van der Waals surface area contributed by atoms with Crippen LogP contribution in [-0.2, 0) is 14.3 Å². The number of carbonyl (C=O) groups is 3. The number of nitrogens with zero attached hydrogens (tertiary/aromatic N) is 2. The van der Waals surface area contributed by atoms with Crippen molar-refractivity contribution in [2.75, 3.05) is 18.6 Å². The molecule has 1 aromatic heterocycles. The van der Waals surface area contributed by atoms with Crippen molar-refractivity contribution in [1.82, 2.24) is 4.98 Å². The first kappa shape index (κ1) is 25.1. The van der Waals surface area contributed by atoms with E-state index in [1.165, 1.54) is 12.0 Å². The predicted octanol–water partition coefficient (Wildman–Crippen LogP) is 4.88. The minimum Gasteiger partial charge on any atom is -0.507 e. The summed E-state index contributed by atoms with van der Waals surface area (Å²) in [4.78, 5) is 44.8. The standard InChI is InChI=1S/C27H26N2O6S/c1-6-35-18-11-9-17(10-12-18)21-20(22(30)19-13-14(2)7-8-15(19)3)23(31)25(32)29(21)27-28-16(4)24(36-27)26(33)34-5/h7-13,21,30H,6H2,1-5H3. The number of hydrogen-bond donors (Lipinski definition) is 1. The second-order valence-electron chi connectivity index (χ2n) is 8.39. The van der Waals surface area contributed by atoms with Crippen LogP contribution in [0, 0.1) is 20.8 Å². The molecule has 1 N–H and O–H groups in total. The summed E-state index contributed by atoms with van der Waals surface area (Å²) in [6, 6.07) is 11.5. The van der Waals surface area contributed by atoms with Crippen molar-refractivity contribution in [2.45, 2.75) is 33.7 Å². The summed E-state index contributed by atoms with van der Waals surface area (Å²) in [5, 5.41) is 11.6. The van der Waals surface area contributed by atoms with Crippen LogP contribution in [0.3, 0.4) is 0 Å². The van der Waals surface area contributed by atoms with Crippen LogP contribution in [0.1, 0.15) is 50.6 Å². The third-order valence-electron chi connectivity index (χ3n) is 5.96. The monoisotopic (exact) mass is 506 g/mol. The van der Waals surface area contributed by atoms with E-state index in [-0.39, 0.29) is 21.3 Å². The molecule has 2 heterocycles. The number of aliphatic hydroxyl groups excluding tert-OH is 1. The van der Waals surface area contributed by atoms with Crippen molar-refractivity contribution in [3.8, 4) is 5.75 Å². The molecule has 1 saturated heterocycles. The number of rotatable bonds is 6. The van der Waals surface area contributed by atoms with Crippen molar-refractivity contribution >= 4 is 39.9 Å². The summed E-state index contributed by atoms with van der Waals surface area (Å²) in [5.41, 5.74) is 3.03. The lowest BCUT2D eigenvalue weighted by atomic mass is 9.93. The number of anilines is 1. The number of aryl methyl sites for hydroxylation is 3. The molecule has 4 rings (SSSR count). The molecular formula is C27H26N2O6S. The lowest BCUT2D eigenvalue weighted by Crippen LogP contribution is -2.29. The molecule has 0 radical (unpaired) electrons. The van der Waals surface area contributed by atoms with Gasteiger partial charge in [-0.25, -0.2) is 9.78 Å². The molecule has 8 nitrogen and oxygen atoms in total. The quantitative estimate of drug-likeness (QED) is 0.220. The molecule has 1 aliphatic rings. The highest BCUT2D eigenvalue weighted by atomic mass is 32.1. The topological polar surface area (TPSA) is 106 Å². The van der Waals surface area contributed by atoms with Gasteiger partial charge in [-0.1, -0.05) is 41.2 Å². The summed E-state index contributed by atoms with van der Waals surface area (Å²) in [6.45, 7) is 7.69. The zero-order chi connectivity index (χ0) is 26.1. The van der Waals surface area contributed by atoms with Crippen LogP contribution < -0.4 is 9.64 Å². The van der Waals surface area contributed by atoms with Crippen LogP contribution in [0.2, 0.25) is 0 Å². The van der Waals surface area contributed by atoms with E-state index < -0.39 is 23.7 Å². The zero-order valence-electron chi connectivity index (χ0n) is 20.6. The van der Waals surface area contributed by atoms with Gasteiger partial charge in [-0.3, -0.25) is 14.5 Å². The Morgan fingerprint density at radius 1 is 1.11 bits per heavy atom. The largest absolute Gasteiger partial charge is 0.507 e. The molecule has 36 heavy (non-hydrogen) atoms. The Hall–Kier alpha value is -3.98. The second-order valence-corrected chi connectivity index (χ2v) is 9.37. The van der Waals surface area contributed by atoms with Crippen molar-refractivity contribution in [1.29, 1.82) is 0 Å². The Labute approximate surface area is 212 Å². The second kappa shape index (κ2) is 9.94. The number of benzene rings is 2. The first-order valence-electron chi connectivity index (χ1n) is 11.3. The number of ether oxygens (including phenoxy) is 2. The third-order valence-corrected chi connectivity index (χ3v) is 7.10. The van der Waals surface area contributed by atoms with Crippen LogP contribution in [0.5, 0.6) is 5.75 Å². The number of esters is 1. The minimum absolute atomic E-state index is 0.0506. The van der Waals surface area contributed by atoms with Crippen molar-refractivity contribution in [3.05, 3.63) is 80.9 Å². The van der Waals surface area contributed by atoms with Gasteiger partial charge in [0.05, 0.1) is 31.0 Å². The van der Waals surface area contributed by atoms with Crippen LogP contribution in [0.4, 0.5) is 5.13 Å². The van der Waals surface area contributed by atoms with Crippen molar-refractivity contribution in [2.24, 2.45) is 0 Å². The Morgan fingerprint density at radius 2 is 1.81 bits per heavy atom. The maximum Gasteiger partial charge on any atom is 0.350 e. The fourth-order valence-electron chi connectivity index (χ4n) is 4.16. The Kier molecular flexibility index (Phi) is 6.94. The fourth-order valence-corrected chi connectivity index (χ4v) is 5.17. The smallest absolute Gasteiger partial charge is 0.350 e. The number of carbonyl (C=O) groups excluding carboxylic acids is 3. The highest BCUT2D eigenvalue weighted by molar-refractivity contribution is 7.17. The third kappa shape index (κ3) is 4.37. The number of methoxy groups -OCH3 is 1. The number of Topliss-reactive ketones (excluding diaryl/α,β-unsaturated/α-hetero) is 1. The van der Waals surface area contributed by atoms with Gasteiger partial charge in [0.1, 0.15) is 16.4 Å². The van der Waals surface area contributed by atoms with Gasteiger partial charge in [-0.05, 0) is 57.0 Å². The molecule has 0 bridgehead atoms. The average Bonchev–Trinajstić information content (AvgIpc) is 3.37. The Morgan fingerprint density at radius 3 is 2.44 bits per heavy atom. The predicted molar refractivity (Wildman–Crippen MR) is 137 cm³/mol. The Balaban J connectivity index is 1.94. The van der Waals surface area contributed by atoms with E-state index in [2.05, 4.69) is 4.98 Å². The summed E-state index contributed by atoms with van der Waals surface area (Å²) < 4.78 is 10.4. The lowest BCUT2D eigenvalue weighted by molar-refractivity contribution is -0.132. The fraction of sp³-hybridized carbons (Fsp3) is 0.259. The van der Waals surface area contributed by atoms with E-state index >= 15 is 0 Å². The first-order valence-corrected chi connectivity index (χ1v) is 12.2. The molecular weight excluding hydrogens is 480 g/mol.